The maximum atomic E-state index is 5.14. The number of hydrogen-bond acceptors (Lipinski definition) is 3. The van der Waals surface area contributed by atoms with Gasteiger partial charge >= 0.3 is 0 Å². The van der Waals surface area contributed by atoms with E-state index in [0.717, 1.165) is 28.1 Å². The summed E-state index contributed by atoms with van der Waals surface area (Å²) >= 11 is 1.80. The topological polar surface area (TPSA) is 24.7 Å². The van der Waals surface area contributed by atoms with E-state index < -0.39 is 0 Å². The number of allylic oxidation sites excluding steroid dienone is 1. The molecule has 0 aliphatic carbocycles. The van der Waals surface area contributed by atoms with Crippen LogP contribution in [-0.4, -0.2) is 11.5 Å². The summed E-state index contributed by atoms with van der Waals surface area (Å²) in [4.78, 5) is 10.3. The number of hydrogen-bond donors (Lipinski definition) is 0. The van der Waals surface area contributed by atoms with Gasteiger partial charge in [0.05, 0.1) is 5.71 Å². The van der Waals surface area contributed by atoms with Crippen molar-refractivity contribution in [1.29, 1.82) is 0 Å². The van der Waals surface area contributed by atoms with Gasteiger partial charge in [0.2, 0.25) is 0 Å². The molecule has 0 saturated carbocycles. The van der Waals surface area contributed by atoms with Gasteiger partial charge in [-0.1, -0.05) is 145 Å². The molecule has 8 rings (SSSR count). The monoisotopic (exact) mass is 578 g/mol. The molecule has 0 amide bonds. The van der Waals surface area contributed by atoms with Crippen molar-refractivity contribution in [1.82, 2.24) is 0 Å². The van der Waals surface area contributed by atoms with Crippen molar-refractivity contribution >= 4 is 48.8 Å². The van der Waals surface area contributed by atoms with Crippen molar-refractivity contribution in [2.24, 2.45) is 9.98 Å². The highest BCUT2D eigenvalue weighted by atomic mass is 32.1. The summed E-state index contributed by atoms with van der Waals surface area (Å²) in [7, 11) is 0. The van der Waals surface area contributed by atoms with E-state index in [1.807, 2.05) is 42.5 Å². The SMILES string of the molecule is C1=CC(c2ccccc2)=NC(c2cccc3c2sc2cc(-c4ccc(-c5ccccc5)cc4)ccc23)=NC=1c1ccccc1. The Kier molecular flexibility index (Phi) is 6.66. The summed E-state index contributed by atoms with van der Waals surface area (Å²) in [6.07, 6.45) is 1.95. The third kappa shape index (κ3) is 4.91. The molecule has 0 N–H and O–H groups in total. The molecule has 1 aliphatic heterocycles. The highest BCUT2D eigenvalue weighted by molar-refractivity contribution is 7.26. The van der Waals surface area contributed by atoms with Crippen LogP contribution in [0.25, 0.3) is 48.1 Å². The lowest BCUT2D eigenvalue weighted by molar-refractivity contribution is 1.47. The van der Waals surface area contributed by atoms with E-state index in [1.54, 1.807) is 11.3 Å². The molecule has 2 nitrogen and oxygen atoms in total. The van der Waals surface area contributed by atoms with Crippen molar-refractivity contribution in [2.75, 3.05) is 0 Å². The van der Waals surface area contributed by atoms with Crippen LogP contribution in [0.2, 0.25) is 0 Å². The number of benzene rings is 6. The van der Waals surface area contributed by atoms with Gasteiger partial charge < -0.3 is 0 Å². The Hall–Kier alpha value is -5.60. The zero-order valence-electron chi connectivity index (χ0n) is 23.8. The minimum absolute atomic E-state index is 0.692. The highest BCUT2D eigenvalue weighted by Crippen LogP contribution is 2.39. The van der Waals surface area contributed by atoms with Gasteiger partial charge in [-0.3, -0.25) is 0 Å². The average Bonchev–Trinajstić information content (AvgIpc) is 3.33. The zero-order valence-corrected chi connectivity index (χ0v) is 24.6. The molecule has 6 aromatic carbocycles. The number of amidine groups is 1. The van der Waals surface area contributed by atoms with Crippen LogP contribution in [0.5, 0.6) is 0 Å². The van der Waals surface area contributed by atoms with Crippen molar-refractivity contribution < 1.29 is 0 Å². The molecule has 0 radical (unpaired) electrons. The van der Waals surface area contributed by atoms with Gasteiger partial charge in [0.1, 0.15) is 5.70 Å². The third-order valence-corrected chi connectivity index (χ3v) is 9.17. The second-order valence-corrected chi connectivity index (χ2v) is 11.8. The summed E-state index contributed by atoms with van der Waals surface area (Å²) in [5.74, 6) is 0.692. The molecule has 1 aliphatic rings. The first kappa shape index (κ1) is 26.1. The highest BCUT2D eigenvalue weighted by Gasteiger charge is 2.17. The molecule has 0 unspecified atom stereocenters. The third-order valence-electron chi connectivity index (χ3n) is 7.97. The number of aliphatic imine (C=N–C) groups is 2. The quantitative estimate of drug-likeness (QED) is 0.182. The summed E-state index contributed by atoms with van der Waals surface area (Å²) in [6, 6.07) is 53.1. The number of nitrogens with zero attached hydrogens (tertiary/aromatic N) is 2. The molecule has 0 spiro atoms. The van der Waals surface area contributed by atoms with Crippen molar-refractivity contribution in [2.45, 2.75) is 0 Å². The lowest BCUT2D eigenvalue weighted by Gasteiger charge is -2.06. The van der Waals surface area contributed by atoms with Crippen LogP contribution in [-0.2, 0) is 0 Å². The lowest BCUT2D eigenvalue weighted by Crippen LogP contribution is -2.04. The summed E-state index contributed by atoms with van der Waals surface area (Å²) in [6.45, 7) is 0. The van der Waals surface area contributed by atoms with Crippen LogP contribution in [0.3, 0.4) is 0 Å². The predicted molar refractivity (Wildman–Crippen MR) is 188 cm³/mol. The van der Waals surface area contributed by atoms with Gasteiger partial charge in [-0.15, -0.1) is 11.3 Å². The maximum absolute atomic E-state index is 5.14. The predicted octanol–water partition coefficient (Wildman–Crippen LogP) is 10.8. The number of fused-ring (bicyclic) bond motifs is 3. The second kappa shape index (κ2) is 11.2. The molecule has 3 heteroatoms. The molecule has 1 aromatic heterocycles. The fourth-order valence-electron chi connectivity index (χ4n) is 5.71. The van der Waals surface area contributed by atoms with Gasteiger partial charge in [0, 0.05) is 42.9 Å². The number of rotatable bonds is 5. The molecule has 0 bridgehead atoms. The summed E-state index contributed by atoms with van der Waals surface area (Å²) in [5, 5.41) is 2.46. The first-order chi connectivity index (χ1) is 21.8. The summed E-state index contributed by atoms with van der Waals surface area (Å²) in [5.41, 5.74) is 13.0. The minimum Gasteiger partial charge on any atom is -0.227 e. The average molecular weight is 579 g/mol. The van der Waals surface area contributed by atoms with E-state index in [2.05, 4.69) is 121 Å². The summed E-state index contributed by atoms with van der Waals surface area (Å²) < 4.78 is 2.43. The molecular formula is C41H26N2S. The van der Waals surface area contributed by atoms with Crippen molar-refractivity contribution in [3.63, 3.8) is 0 Å². The Labute approximate surface area is 260 Å². The molecule has 0 atom stereocenters. The van der Waals surface area contributed by atoms with Crippen LogP contribution in [0.1, 0.15) is 16.7 Å². The molecule has 206 valence electrons. The zero-order chi connectivity index (χ0) is 29.3. The fourth-order valence-corrected chi connectivity index (χ4v) is 6.96. The Morgan fingerprint density at radius 3 is 1.75 bits per heavy atom. The normalized spacial score (nSPS) is 13.0. The first-order valence-electron chi connectivity index (χ1n) is 14.7. The first-order valence-corrected chi connectivity index (χ1v) is 15.5. The minimum atomic E-state index is 0.692. The Morgan fingerprint density at radius 2 is 1.05 bits per heavy atom. The van der Waals surface area contributed by atoms with Crippen LogP contribution < -0.4 is 0 Å². The largest absolute Gasteiger partial charge is 0.227 e. The van der Waals surface area contributed by atoms with Gasteiger partial charge in [0.15, 0.2) is 5.84 Å². The van der Waals surface area contributed by atoms with Crippen LogP contribution >= 0.6 is 11.3 Å². The Morgan fingerprint density at radius 1 is 0.455 bits per heavy atom. The molecule has 0 fully saturated rings. The van der Waals surface area contributed by atoms with Crippen LogP contribution in [0.4, 0.5) is 0 Å². The van der Waals surface area contributed by atoms with E-state index in [-0.39, 0.29) is 0 Å². The van der Waals surface area contributed by atoms with E-state index in [1.165, 1.54) is 42.4 Å². The Balaban J connectivity index is 1.24. The Bertz CT molecular complexity index is 2270. The van der Waals surface area contributed by atoms with E-state index >= 15 is 0 Å². The molecule has 7 aromatic rings. The van der Waals surface area contributed by atoms with E-state index in [9.17, 15) is 0 Å². The van der Waals surface area contributed by atoms with Crippen molar-refractivity contribution in [3.05, 3.63) is 180 Å². The number of thiophene rings is 1. The van der Waals surface area contributed by atoms with Crippen LogP contribution in [0, 0.1) is 0 Å². The smallest absolute Gasteiger partial charge is 0.162 e. The van der Waals surface area contributed by atoms with Gasteiger partial charge in [-0.2, -0.15) is 0 Å². The molecule has 44 heavy (non-hydrogen) atoms. The standard InChI is InChI=1S/C41H26N2S/c1-4-11-28(12-5-1)29-19-21-30(22-20-29)33-23-24-34-35-17-10-18-36(40(35)44-39(34)27-33)41-42-37(31-13-6-2-7-14-31)25-26-38(43-41)32-15-8-3-9-16-32/h1-25,27H. The van der Waals surface area contributed by atoms with Gasteiger partial charge in [-0.25, -0.2) is 9.98 Å². The van der Waals surface area contributed by atoms with E-state index in [0.29, 0.717) is 5.84 Å². The van der Waals surface area contributed by atoms with Crippen molar-refractivity contribution in [3.8, 4) is 22.3 Å². The molecule has 2 heterocycles. The maximum Gasteiger partial charge on any atom is 0.162 e. The lowest BCUT2D eigenvalue weighted by atomic mass is 9.99. The van der Waals surface area contributed by atoms with Gasteiger partial charge in [-0.05, 0) is 34.4 Å². The van der Waals surface area contributed by atoms with E-state index in [4.69, 9.17) is 9.98 Å². The van der Waals surface area contributed by atoms with Crippen LogP contribution in [0.15, 0.2) is 173 Å². The second-order valence-electron chi connectivity index (χ2n) is 10.7. The molecular weight excluding hydrogens is 553 g/mol. The fraction of sp³-hybridized carbons (Fsp3) is 0. The van der Waals surface area contributed by atoms with Gasteiger partial charge in [0.25, 0.3) is 0 Å². The molecule has 0 saturated heterocycles.